The number of carbonyl (C=O) groups excluding carboxylic acids is 1. The number of benzene rings is 1. The zero-order valence-corrected chi connectivity index (χ0v) is 8.32. The Morgan fingerprint density at radius 1 is 1.31 bits per heavy atom. The van der Waals surface area contributed by atoms with Crippen LogP contribution in [0.4, 0.5) is 5.69 Å². The summed E-state index contributed by atoms with van der Waals surface area (Å²) in [5.74, 6) is -0.0291. The van der Waals surface area contributed by atoms with Crippen molar-refractivity contribution in [3.05, 3.63) is 29.8 Å². The second-order valence-electron chi connectivity index (χ2n) is 3.38. The summed E-state index contributed by atoms with van der Waals surface area (Å²) >= 11 is 0. The van der Waals surface area contributed by atoms with Crippen LogP contribution in [0.3, 0.4) is 0 Å². The minimum atomic E-state index is -0.0291. The van der Waals surface area contributed by atoms with Gasteiger partial charge < -0.3 is 9.69 Å². The number of hydrogen-bond acceptors (Lipinski definition) is 2. The number of carbonyl (C=O) groups is 1. The maximum Gasteiger partial charge on any atom is 0.127 e. The molecule has 0 saturated carbocycles. The molecule has 2 nitrogen and oxygen atoms in total. The highest BCUT2D eigenvalue weighted by Gasteiger charge is 2.09. The van der Waals surface area contributed by atoms with Gasteiger partial charge in [-0.05, 0) is 11.6 Å². The number of hydrogen-bond donors (Lipinski definition) is 0. The predicted octanol–water partition coefficient (Wildman–Crippen LogP) is 2.05. The fourth-order valence-electron chi connectivity index (χ4n) is 1.35. The molecule has 1 rings (SSSR count). The highest BCUT2D eigenvalue weighted by atomic mass is 16.1. The molecule has 13 heavy (non-hydrogen) atoms. The second-order valence-corrected chi connectivity index (χ2v) is 3.38. The minimum absolute atomic E-state index is 0.0291. The molecule has 1 atom stereocenters. The predicted molar refractivity (Wildman–Crippen MR) is 55.2 cm³/mol. The van der Waals surface area contributed by atoms with Gasteiger partial charge in [0.15, 0.2) is 0 Å². The van der Waals surface area contributed by atoms with Crippen LogP contribution in [-0.2, 0) is 4.79 Å². The maximum absolute atomic E-state index is 10.7. The van der Waals surface area contributed by atoms with Gasteiger partial charge in [0, 0.05) is 25.7 Å². The van der Waals surface area contributed by atoms with Gasteiger partial charge in [-0.25, -0.2) is 0 Å². The van der Waals surface area contributed by atoms with Crippen molar-refractivity contribution in [2.75, 3.05) is 19.0 Å². The first-order chi connectivity index (χ1) is 6.16. The molecule has 1 unspecified atom stereocenters. The lowest BCUT2D eigenvalue weighted by Crippen LogP contribution is -2.12. The third-order valence-electron chi connectivity index (χ3n) is 2.11. The van der Waals surface area contributed by atoms with Gasteiger partial charge in [0.05, 0.1) is 0 Å². The zero-order chi connectivity index (χ0) is 9.84. The van der Waals surface area contributed by atoms with Crippen LogP contribution in [0.1, 0.15) is 18.4 Å². The number of rotatable bonds is 3. The summed E-state index contributed by atoms with van der Waals surface area (Å²) in [4.78, 5) is 12.7. The molecule has 70 valence electrons. The monoisotopic (exact) mass is 177 g/mol. The van der Waals surface area contributed by atoms with Crippen molar-refractivity contribution in [3.63, 3.8) is 0 Å². The number of nitrogens with zero attached hydrogens (tertiary/aromatic N) is 1. The molecule has 0 fully saturated rings. The van der Waals surface area contributed by atoms with E-state index in [9.17, 15) is 4.79 Å². The van der Waals surface area contributed by atoms with Crippen molar-refractivity contribution in [2.45, 2.75) is 12.8 Å². The Labute approximate surface area is 79.2 Å². The SMILES string of the molecule is CC(C=O)c1ccccc1N(C)C. The molecule has 0 aliphatic rings. The van der Waals surface area contributed by atoms with E-state index in [1.54, 1.807) is 0 Å². The van der Waals surface area contributed by atoms with E-state index in [-0.39, 0.29) is 5.92 Å². The van der Waals surface area contributed by atoms with Crippen LogP contribution < -0.4 is 4.90 Å². The first-order valence-electron chi connectivity index (χ1n) is 4.38. The van der Waals surface area contributed by atoms with Crippen molar-refractivity contribution < 1.29 is 4.79 Å². The lowest BCUT2D eigenvalue weighted by atomic mass is 10.0. The first kappa shape index (κ1) is 9.78. The van der Waals surface area contributed by atoms with Crippen LogP contribution in [0.5, 0.6) is 0 Å². The van der Waals surface area contributed by atoms with E-state index in [4.69, 9.17) is 0 Å². The largest absolute Gasteiger partial charge is 0.377 e. The van der Waals surface area contributed by atoms with Gasteiger partial charge in [0.25, 0.3) is 0 Å². The minimum Gasteiger partial charge on any atom is -0.377 e. The molecule has 0 heterocycles. The molecule has 2 heteroatoms. The van der Waals surface area contributed by atoms with E-state index in [1.807, 2.05) is 50.2 Å². The number of aldehydes is 1. The Morgan fingerprint density at radius 2 is 1.92 bits per heavy atom. The lowest BCUT2D eigenvalue weighted by molar-refractivity contribution is -0.108. The molecule has 0 aliphatic carbocycles. The molecule has 0 aromatic heterocycles. The molecular weight excluding hydrogens is 162 g/mol. The molecule has 0 aliphatic heterocycles. The van der Waals surface area contributed by atoms with Gasteiger partial charge in [0.2, 0.25) is 0 Å². The lowest BCUT2D eigenvalue weighted by Gasteiger charge is -2.18. The first-order valence-corrected chi connectivity index (χ1v) is 4.38. The van der Waals surface area contributed by atoms with Crippen LogP contribution in [0.2, 0.25) is 0 Å². The topological polar surface area (TPSA) is 20.3 Å². The Bertz CT molecular complexity index is 294. The van der Waals surface area contributed by atoms with Crippen molar-refractivity contribution in [3.8, 4) is 0 Å². The molecule has 0 spiro atoms. The third kappa shape index (κ3) is 2.08. The van der Waals surface area contributed by atoms with E-state index in [0.717, 1.165) is 17.5 Å². The molecule has 0 bridgehead atoms. The summed E-state index contributed by atoms with van der Waals surface area (Å²) in [6, 6.07) is 7.96. The van der Waals surface area contributed by atoms with E-state index >= 15 is 0 Å². The van der Waals surface area contributed by atoms with Crippen molar-refractivity contribution in [2.24, 2.45) is 0 Å². The van der Waals surface area contributed by atoms with Gasteiger partial charge in [-0.3, -0.25) is 0 Å². The third-order valence-corrected chi connectivity index (χ3v) is 2.11. The smallest absolute Gasteiger partial charge is 0.127 e. The summed E-state index contributed by atoms with van der Waals surface area (Å²) < 4.78 is 0. The molecule has 1 aromatic carbocycles. The molecule has 0 N–H and O–H groups in total. The van der Waals surface area contributed by atoms with Gasteiger partial charge in [-0.15, -0.1) is 0 Å². The molecule has 0 saturated heterocycles. The van der Waals surface area contributed by atoms with E-state index in [2.05, 4.69) is 0 Å². The average molecular weight is 177 g/mol. The standard InChI is InChI=1S/C11H15NO/c1-9(8-13)10-6-4-5-7-11(10)12(2)3/h4-9H,1-3H3. The van der Waals surface area contributed by atoms with Crippen LogP contribution in [0.25, 0.3) is 0 Å². The number of anilines is 1. The number of para-hydroxylation sites is 1. The second kappa shape index (κ2) is 4.08. The summed E-state index contributed by atoms with van der Waals surface area (Å²) in [7, 11) is 3.96. The van der Waals surface area contributed by atoms with E-state index in [0.29, 0.717) is 0 Å². The Kier molecular flexibility index (Phi) is 3.07. The molecule has 0 amide bonds. The summed E-state index contributed by atoms with van der Waals surface area (Å²) in [5.41, 5.74) is 2.20. The van der Waals surface area contributed by atoms with Crippen molar-refractivity contribution in [1.82, 2.24) is 0 Å². The zero-order valence-electron chi connectivity index (χ0n) is 8.32. The fraction of sp³-hybridized carbons (Fsp3) is 0.364. The molecule has 1 aromatic rings. The van der Waals surface area contributed by atoms with E-state index in [1.165, 1.54) is 0 Å². The average Bonchev–Trinajstić information content (AvgIpc) is 2.16. The van der Waals surface area contributed by atoms with Gasteiger partial charge >= 0.3 is 0 Å². The van der Waals surface area contributed by atoms with Gasteiger partial charge in [-0.1, -0.05) is 25.1 Å². The fourth-order valence-corrected chi connectivity index (χ4v) is 1.35. The quantitative estimate of drug-likeness (QED) is 0.659. The van der Waals surface area contributed by atoms with E-state index < -0.39 is 0 Å². The highest BCUT2D eigenvalue weighted by molar-refractivity contribution is 5.68. The van der Waals surface area contributed by atoms with Crippen molar-refractivity contribution >= 4 is 12.0 Å². The maximum atomic E-state index is 10.7. The molecule has 0 radical (unpaired) electrons. The van der Waals surface area contributed by atoms with Crippen LogP contribution in [0.15, 0.2) is 24.3 Å². The Balaban J connectivity index is 3.11. The Hall–Kier alpha value is -1.31. The highest BCUT2D eigenvalue weighted by Crippen LogP contribution is 2.24. The van der Waals surface area contributed by atoms with Crippen LogP contribution >= 0.6 is 0 Å². The Morgan fingerprint density at radius 3 is 2.46 bits per heavy atom. The normalized spacial score (nSPS) is 12.2. The van der Waals surface area contributed by atoms with Crippen LogP contribution in [0, 0.1) is 0 Å². The van der Waals surface area contributed by atoms with Gasteiger partial charge in [0.1, 0.15) is 6.29 Å². The summed E-state index contributed by atoms with van der Waals surface area (Å²) in [5, 5.41) is 0. The summed E-state index contributed by atoms with van der Waals surface area (Å²) in [6.07, 6.45) is 0.975. The van der Waals surface area contributed by atoms with Gasteiger partial charge in [-0.2, -0.15) is 0 Å². The van der Waals surface area contributed by atoms with Crippen LogP contribution in [-0.4, -0.2) is 20.4 Å². The molecular formula is C11H15NO. The summed E-state index contributed by atoms with van der Waals surface area (Å²) in [6.45, 7) is 1.91. The van der Waals surface area contributed by atoms with Crippen molar-refractivity contribution in [1.29, 1.82) is 0 Å².